The number of β-amino-alcohol motifs (C(OH)–C–C–N with tert-alkyl or cyclic N) is 1. The maximum absolute atomic E-state index is 10.6. The summed E-state index contributed by atoms with van der Waals surface area (Å²) in [4.78, 5) is 12.9. The van der Waals surface area contributed by atoms with Crippen molar-refractivity contribution in [2.45, 2.75) is 70.6 Å². The highest BCUT2D eigenvalue weighted by Gasteiger charge is 2.41. The van der Waals surface area contributed by atoms with Gasteiger partial charge in [-0.1, -0.05) is 0 Å². The Kier molecular flexibility index (Phi) is 4.20. The number of aliphatic carboxylic acids is 1. The normalized spacial score (nSPS) is 25.5. The minimum Gasteiger partial charge on any atom is -0.481 e. The minimum absolute atomic E-state index is 0.0290. The highest BCUT2D eigenvalue weighted by atomic mass is 16.4. The van der Waals surface area contributed by atoms with Crippen LogP contribution in [0.1, 0.15) is 53.4 Å². The summed E-state index contributed by atoms with van der Waals surface area (Å²) in [5.74, 6) is -0.940. The topological polar surface area (TPSA) is 60.8 Å². The molecule has 0 radical (unpaired) electrons. The van der Waals surface area contributed by atoms with E-state index in [1.54, 1.807) is 0 Å². The van der Waals surface area contributed by atoms with Crippen molar-refractivity contribution in [3.8, 4) is 0 Å². The van der Waals surface area contributed by atoms with Crippen molar-refractivity contribution in [3.63, 3.8) is 0 Å². The molecular weight excluding hydrogens is 218 g/mol. The fourth-order valence-corrected chi connectivity index (χ4v) is 3.01. The Morgan fingerprint density at radius 1 is 1.24 bits per heavy atom. The van der Waals surface area contributed by atoms with Crippen LogP contribution in [-0.2, 0) is 4.79 Å². The smallest absolute Gasteiger partial charge is 0.306 e. The van der Waals surface area contributed by atoms with Gasteiger partial charge in [0.25, 0.3) is 0 Å². The van der Waals surface area contributed by atoms with Gasteiger partial charge in [-0.2, -0.15) is 0 Å². The quantitative estimate of drug-likeness (QED) is 0.791. The van der Waals surface area contributed by atoms with Gasteiger partial charge in [0, 0.05) is 17.6 Å². The minimum atomic E-state index is -0.940. The van der Waals surface area contributed by atoms with Crippen LogP contribution < -0.4 is 0 Å². The van der Waals surface area contributed by atoms with Crippen LogP contribution >= 0.6 is 0 Å². The Hall–Kier alpha value is -0.610. The van der Waals surface area contributed by atoms with Crippen molar-refractivity contribution in [1.29, 1.82) is 0 Å². The zero-order valence-corrected chi connectivity index (χ0v) is 11.4. The SMILES string of the molecule is CC1(C)CCCC(C)(C)N1CC(O)CC(=O)O. The van der Waals surface area contributed by atoms with Crippen molar-refractivity contribution in [2.75, 3.05) is 6.54 Å². The van der Waals surface area contributed by atoms with Gasteiger partial charge < -0.3 is 10.2 Å². The maximum atomic E-state index is 10.6. The summed E-state index contributed by atoms with van der Waals surface area (Å²) in [6.45, 7) is 9.11. The molecule has 1 saturated heterocycles. The van der Waals surface area contributed by atoms with Gasteiger partial charge in [-0.25, -0.2) is 0 Å². The number of likely N-dealkylation sites (tertiary alicyclic amines) is 1. The number of nitrogens with zero attached hydrogens (tertiary/aromatic N) is 1. The Morgan fingerprint density at radius 2 is 1.71 bits per heavy atom. The third kappa shape index (κ3) is 3.68. The fourth-order valence-electron chi connectivity index (χ4n) is 3.01. The van der Waals surface area contributed by atoms with E-state index in [2.05, 4.69) is 32.6 Å². The van der Waals surface area contributed by atoms with Crippen LogP contribution in [0, 0.1) is 0 Å². The molecule has 0 bridgehead atoms. The molecule has 4 nitrogen and oxygen atoms in total. The lowest BCUT2D eigenvalue weighted by atomic mass is 9.79. The second-order valence-electron chi connectivity index (χ2n) is 6.34. The Balaban J connectivity index is 2.73. The van der Waals surface area contributed by atoms with Crippen LogP contribution in [-0.4, -0.2) is 44.8 Å². The molecule has 1 fully saturated rings. The number of aliphatic hydroxyl groups is 1. The average molecular weight is 243 g/mol. The molecule has 0 amide bonds. The molecule has 1 unspecified atom stereocenters. The molecule has 1 rings (SSSR count). The number of hydrogen-bond acceptors (Lipinski definition) is 3. The lowest BCUT2D eigenvalue weighted by molar-refractivity contribution is -0.140. The number of piperidine rings is 1. The highest BCUT2D eigenvalue weighted by molar-refractivity contribution is 5.67. The number of hydrogen-bond donors (Lipinski definition) is 2. The molecule has 0 aromatic rings. The first-order valence-corrected chi connectivity index (χ1v) is 6.33. The molecule has 0 saturated carbocycles. The molecule has 0 spiro atoms. The first kappa shape index (κ1) is 14.5. The van der Waals surface area contributed by atoms with Gasteiger partial charge in [-0.3, -0.25) is 9.69 Å². The van der Waals surface area contributed by atoms with Crippen LogP contribution in [0.15, 0.2) is 0 Å². The molecular formula is C13H25NO3. The van der Waals surface area contributed by atoms with Crippen molar-refractivity contribution >= 4 is 5.97 Å². The average Bonchev–Trinajstić information content (AvgIpc) is 2.09. The molecule has 2 N–H and O–H groups in total. The predicted octanol–water partition coefficient (Wildman–Crippen LogP) is 1.87. The van der Waals surface area contributed by atoms with E-state index in [9.17, 15) is 9.90 Å². The van der Waals surface area contributed by atoms with Crippen molar-refractivity contribution < 1.29 is 15.0 Å². The largest absolute Gasteiger partial charge is 0.481 e. The van der Waals surface area contributed by atoms with Gasteiger partial charge in [0.1, 0.15) is 0 Å². The molecule has 1 aliphatic heterocycles. The monoisotopic (exact) mass is 243 g/mol. The Labute approximate surface area is 104 Å². The summed E-state index contributed by atoms with van der Waals surface area (Å²) < 4.78 is 0. The number of carboxylic acids is 1. The molecule has 1 heterocycles. The van der Waals surface area contributed by atoms with Gasteiger partial charge in [-0.15, -0.1) is 0 Å². The van der Waals surface area contributed by atoms with E-state index in [1.165, 1.54) is 6.42 Å². The van der Waals surface area contributed by atoms with Gasteiger partial charge in [-0.05, 0) is 47.0 Å². The van der Waals surface area contributed by atoms with Gasteiger partial charge >= 0.3 is 5.97 Å². The van der Waals surface area contributed by atoms with Crippen molar-refractivity contribution in [2.24, 2.45) is 0 Å². The summed E-state index contributed by atoms with van der Waals surface area (Å²) in [5.41, 5.74) is 0.0580. The van der Waals surface area contributed by atoms with E-state index in [0.717, 1.165) is 12.8 Å². The molecule has 4 heteroatoms. The Morgan fingerprint density at radius 3 is 2.12 bits per heavy atom. The first-order valence-electron chi connectivity index (χ1n) is 6.33. The zero-order chi connectivity index (χ0) is 13.3. The molecule has 0 aliphatic carbocycles. The van der Waals surface area contributed by atoms with Gasteiger partial charge in [0.05, 0.1) is 12.5 Å². The van der Waals surface area contributed by atoms with E-state index in [1.807, 2.05) is 0 Å². The number of carbonyl (C=O) groups is 1. The first-order chi connectivity index (χ1) is 7.65. The van der Waals surface area contributed by atoms with E-state index in [4.69, 9.17) is 5.11 Å². The molecule has 0 aromatic carbocycles. The van der Waals surface area contributed by atoms with E-state index >= 15 is 0 Å². The van der Waals surface area contributed by atoms with E-state index < -0.39 is 12.1 Å². The van der Waals surface area contributed by atoms with Crippen molar-refractivity contribution in [3.05, 3.63) is 0 Å². The Bertz CT molecular complexity index is 270. The summed E-state index contributed by atoms with van der Waals surface area (Å²) in [6, 6.07) is 0. The predicted molar refractivity (Wildman–Crippen MR) is 67.0 cm³/mol. The lowest BCUT2D eigenvalue weighted by Gasteiger charge is -2.53. The van der Waals surface area contributed by atoms with Gasteiger partial charge in [0.15, 0.2) is 0 Å². The maximum Gasteiger partial charge on any atom is 0.306 e. The molecule has 17 heavy (non-hydrogen) atoms. The van der Waals surface area contributed by atoms with Crippen LogP contribution in [0.4, 0.5) is 0 Å². The second-order valence-corrected chi connectivity index (χ2v) is 6.34. The number of aliphatic hydroxyl groups excluding tert-OH is 1. The summed E-state index contributed by atoms with van der Waals surface area (Å²) >= 11 is 0. The van der Waals surface area contributed by atoms with Crippen LogP contribution in [0.2, 0.25) is 0 Å². The standard InChI is InChI=1S/C13H25NO3/c1-12(2)6-5-7-13(3,4)14(12)9-10(15)8-11(16)17/h10,15H,5-9H2,1-4H3,(H,16,17). The molecule has 1 aliphatic rings. The lowest BCUT2D eigenvalue weighted by Crippen LogP contribution is -2.60. The second kappa shape index (κ2) is 4.94. The van der Waals surface area contributed by atoms with Crippen LogP contribution in [0.5, 0.6) is 0 Å². The number of rotatable bonds is 4. The molecule has 1 atom stereocenters. The molecule has 100 valence electrons. The van der Waals surface area contributed by atoms with Crippen molar-refractivity contribution in [1.82, 2.24) is 4.90 Å². The highest BCUT2D eigenvalue weighted by Crippen LogP contribution is 2.38. The van der Waals surface area contributed by atoms with Crippen LogP contribution in [0.25, 0.3) is 0 Å². The molecule has 0 aromatic heterocycles. The van der Waals surface area contributed by atoms with E-state index in [0.29, 0.717) is 6.54 Å². The van der Waals surface area contributed by atoms with Crippen LogP contribution in [0.3, 0.4) is 0 Å². The van der Waals surface area contributed by atoms with Gasteiger partial charge in [0.2, 0.25) is 0 Å². The third-order valence-corrected chi connectivity index (χ3v) is 3.84. The summed E-state index contributed by atoms with van der Waals surface area (Å²) in [7, 11) is 0. The zero-order valence-electron chi connectivity index (χ0n) is 11.4. The third-order valence-electron chi connectivity index (χ3n) is 3.84. The summed E-state index contributed by atoms with van der Waals surface area (Å²) in [5, 5.41) is 18.5. The fraction of sp³-hybridized carbons (Fsp3) is 0.923. The number of carboxylic acid groups (broad SMARTS) is 1. The summed E-state index contributed by atoms with van der Waals surface area (Å²) in [6.07, 6.45) is 2.41. The van der Waals surface area contributed by atoms with E-state index in [-0.39, 0.29) is 17.5 Å².